The van der Waals surface area contributed by atoms with Crippen LogP contribution in [-0.4, -0.2) is 48.1 Å². The Morgan fingerprint density at radius 3 is 1.69 bits per heavy atom. The van der Waals surface area contributed by atoms with Gasteiger partial charge in [-0.05, 0) is 45.4 Å². The van der Waals surface area contributed by atoms with Crippen LogP contribution in [0, 0.1) is 0 Å². The van der Waals surface area contributed by atoms with Gasteiger partial charge in [0.15, 0.2) is 0 Å². The topological polar surface area (TPSA) is 93.1 Å². The Labute approximate surface area is 176 Å². The van der Waals surface area contributed by atoms with Crippen molar-refractivity contribution in [3.8, 4) is 0 Å². The van der Waals surface area contributed by atoms with Gasteiger partial charge in [-0.3, -0.25) is 0 Å². The first-order chi connectivity index (χ1) is 14.1. The van der Waals surface area contributed by atoms with Crippen LogP contribution in [0.15, 0.2) is 24.3 Å². The van der Waals surface area contributed by atoms with E-state index >= 15 is 0 Å². The summed E-state index contributed by atoms with van der Waals surface area (Å²) in [6, 6.07) is 0. The van der Waals surface area contributed by atoms with Gasteiger partial charge in [0.25, 0.3) is 0 Å². The highest BCUT2D eigenvalue weighted by Gasteiger charge is 2.09. The van der Waals surface area contributed by atoms with E-state index in [0.29, 0.717) is 0 Å². The van der Waals surface area contributed by atoms with Crippen molar-refractivity contribution in [1.82, 2.24) is 0 Å². The molecule has 0 aromatic carbocycles. The third-order valence-corrected chi connectivity index (χ3v) is 4.34. The smallest absolute Gasteiger partial charge is 0.330 e. The normalized spacial score (nSPS) is 12.5. The highest BCUT2D eigenvalue weighted by atomic mass is 16.6. The molecule has 0 fully saturated rings. The van der Waals surface area contributed by atoms with Crippen LogP contribution in [0.2, 0.25) is 0 Å². The molecule has 0 aliphatic carbocycles. The van der Waals surface area contributed by atoms with Crippen molar-refractivity contribution in [1.29, 1.82) is 0 Å². The van der Waals surface area contributed by atoms with Gasteiger partial charge < -0.3 is 19.7 Å². The molecule has 0 rings (SSSR count). The maximum absolute atomic E-state index is 11.7. The summed E-state index contributed by atoms with van der Waals surface area (Å²) < 4.78 is 10.3. The Bertz CT molecular complexity index is 458. The minimum atomic E-state index is -0.491. The molecule has 6 nitrogen and oxygen atoms in total. The summed E-state index contributed by atoms with van der Waals surface area (Å²) >= 11 is 0. The highest BCUT2D eigenvalue weighted by molar-refractivity contribution is 5.82. The van der Waals surface area contributed by atoms with Crippen LogP contribution in [-0.2, 0) is 19.1 Å². The molecule has 1 unspecified atom stereocenters. The Morgan fingerprint density at radius 2 is 1.17 bits per heavy atom. The van der Waals surface area contributed by atoms with Crippen LogP contribution in [0.3, 0.4) is 0 Å². The molecule has 0 saturated heterocycles. The molecule has 0 bridgehead atoms. The third kappa shape index (κ3) is 20.9. The first-order valence-corrected chi connectivity index (χ1v) is 11.0. The zero-order chi connectivity index (χ0) is 21.6. The van der Waals surface area contributed by atoms with Gasteiger partial charge in [0, 0.05) is 25.4 Å². The lowest BCUT2D eigenvalue weighted by molar-refractivity contribution is -0.151. The molecule has 168 valence electrons. The average Bonchev–Trinajstić information content (AvgIpc) is 2.70. The largest absolute Gasteiger partial charge is 0.459 e. The molecule has 6 heteroatoms. The van der Waals surface area contributed by atoms with E-state index in [0.717, 1.165) is 77.0 Å². The van der Waals surface area contributed by atoms with Crippen molar-refractivity contribution in [2.24, 2.45) is 0 Å². The van der Waals surface area contributed by atoms with Crippen LogP contribution in [0.25, 0.3) is 0 Å². The zero-order valence-corrected chi connectivity index (χ0v) is 18.0. The van der Waals surface area contributed by atoms with Crippen molar-refractivity contribution in [2.75, 3.05) is 19.8 Å². The van der Waals surface area contributed by atoms with E-state index in [1.807, 2.05) is 0 Å². The Hall–Kier alpha value is -1.66. The minimum Gasteiger partial charge on any atom is -0.459 e. The molecule has 0 amide bonds. The number of carbonyl (C=O) groups is 2. The molecule has 29 heavy (non-hydrogen) atoms. The van der Waals surface area contributed by atoms with E-state index in [1.165, 1.54) is 12.2 Å². The number of allylic oxidation sites excluding steroid dienone is 2. The van der Waals surface area contributed by atoms with Crippen LogP contribution in [0.4, 0.5) is 0 Å². The van der Waals surface area contributed by atoms with E-state index in [9.17, 15) is 9.59 Å². The minimum absolute atomic E-state index is 0.0365. The van der Waals surface area contributed by atoms with Crippen molar-refractivity contribution >= 4 is 11.9 Å². The summed E-state index contributed by atoms with van der Waals surface area (Å²) in [5, 5.41) is 17.4. The monoisotopic (exact) mass is 412 g/mol. The fourth-order valence-electron chi connectivity index (χ4n) is 2.69. The molecular weight excluding hydrogens is 372 g/mol. The van der Waals surface area contributed by atoms with Gasteiger partial charge in [0.05, 0.1) is 0 Å². The first kappa shape index (κ1) is 27.3. The van der Waals surface area contributed by atoms with E-state index < -0.39 is 18.0 Å². The Kier molecular flexibility index (Phi) is 19.9. The maximum atomic E-state index is 11.7. The van der Waals surface area contributed by atoms with E-state index in [2.05, 4.69) is 0 Å². The molecule has 2 N–H and O–H groups in total. The maximum Gasteiger partial charge on any atom is 0.330 e. The summed E-state index contributed by atoms with van der Waals surface area (Å²) in [5.74, 6) is -0.851. The van der Waals surface area contributed by atoms with Crippen molar-refractivity contribution < 1.29 is 29.3 Å². The molecule has 0 heterocycles. The lowest BCUT2D eigenvalue weighted by atomic mass is 10.1. The second kappa shape index (κ2) is 21.1. The molecule has 0 aromatic heterocycles. The van der Waals surface area contributed by atoms with Gasteiger partial charge in [-0.25, -0.2) is 9.59 Å². The van der Waals surface area contributed by atoms with Gasteiger partial charge in [0.2, 0.25) is 0 Å². The molecular formula is C23H40O6. The Morgan fingerprint density at radius 1 is 0.724 bits per heavy atom. The van der Waals surface area contributed by atoms with Crippen LogP contribution >= 0.6 is 0 Å². The van der Waals surface area contributed by atoms with Crippen LogP contribution in [0.1, 0.15) is 84.0 Å². The number of ether oxygens (including phenoxy) is 2. The number of rotatable bonds is 19. The van der Waals surface area contributed by atoms with Crippen LogP contribution in [0.5, 0.6) is 0 Å². The fraction of sp³-hybridized carbons (Fsp3) is 0.739. The van der Waals surface area contributed by atoms with E-state index in [-0.39, 0.29) is 19.8 Å². The molecule has 0 saturated carbocycles. The van der Waals surface area contributed by atoms with Gasteiger partial charge in [-0.1, -0.05) is 50.7 Å². The van der Waals surface area contributed by atoms with Gasteiger partial charge in [-0.2, -0.15) is 0 Å². The standard InChI is InChI=1S/C23H40O6/c1-21(29-23(27)17-13-9-5-3-7-11-15-19-25)20-28-22(26)16-12-8-4-2-6-10-14-18-24/h12-13,16-17,21,24-25H,2-11,14-15,18-20H2,1H3. The van der Waals surface area contributed by atoms with Crippen LogP contribution < -0.4 is 0 Å². The predicted molar refractivity (Wildman–Crippen MR) is 114 cm³/mol. The highest BCUT2D eigenvalue weighted by Crippen LogP contribution is 2.07. The number of hydrogen-bond donors (Lipinski definition) is 2. The third-order valence-electron chi connectivity index (χ3n) is 4.34. The van der Waals surface area contributed by atoms with Gasteiger partial charge >= 0.3 is 11.9 Å². The molecule has 1 atom stereocenters. The number of unbranched alkanes of at least 4 members (excludes halogenated alkanes) is 10. The Balaban J connectivity index is 3.68. The quantitative estimate of drug-likeness (QED) is 0.187. The molecule has 0 radical (unpaired) electrons. The summed E-state index contributed by atoms with van der Waals surface area (Å²) in [4.78, 5) is 23.3. The van der Waals surface area contributed by atoms with E-state index in [1.54, 1.807) is 19.1 Å². The molecule has 0 aromatic rings. The summed E-state index contributed by atoms with van der Waals surface area (Å²) in [6.45, 7) is 2.23. The van der Waals surface area contributed by atoms with Gasteiger partial charge in [-0.15, -0.1) is 0 Å². The molecule has 0 aliphatic heterocycles. The molecule has 0 spiro atoms. The number of aliphatic hydroxyl groups excluding tert-OH is 2. The summed E-state index contributed by atoms with van der Waals surface area (Å²) in [6.07, 6.45) is 17.8. The summed E-state index contributed by atoms with van der Waals surface area (Å²) in [7, 11) is 0. The van der Waals surface area contributed by atoms with Crippen molar-refractivity contribution in [2.45, 2.75) is 90.1 Å². The fourth-order valence-corrected chi connectivity index (χ4v) is 2.69. The SMILES string of the molecule is CC(COC(=O)C=CCCCCCCCO)OC(=O)C=CCCCCCCCO. The lowest BCUT2D eigenvalue weighted by Gasteiger charge is -2.11. The first-order valence-electron chi connectivity index (χ1n) is 11.0. The predicted octanol–water partition coefficient (Wildman–Crippen LogP) is 4.24. The summed E-state index contributed by atoms with van der Waals surface area (Å²) in [5.41, 5.74) is 0. The van der Waals surface area contributed by atoms with E-state index in [4.69, 9.17) is 19.7 Å². The second-order valence-corrected chi connectivity index (χ2v) is 7.24. The second-order valence-electron chi connectivity index (χ2n) is 7.24. The lowest BCUT2D eigenvalue weighted by Crippen LogP contribution is -2.20. The number of aliphatic hydroxyl groups is 2. The average molecular weight is 413 g/mol. The number of carbonyl (C=O) groups excluding carboxylic acids is 2. The number of hydrogen-bond acceptors (Lipinski definition) is 6. The molecule has 0 aliphatic rings. The van der Waals surface area contributed by atoms with Gasteiger partial charge in [0.1, 0.15) is 12.7 Å². The number of esters is 2. The zero-order valence-electron chi connectivity index (χ0n) is 18.0. The van der Waals surface area contributed by atoms with Crippen molar-refractivity contribution in [3.63, 3.8) is 0 Å². The van der Waals surface area contributed by atoms with Crippen molar-refractivity contribution in [3.05, 3.63) is 24.3 Å².